The Kier molecular flexibility index (Phi) is 2.83. The van der Waals surface area contributed by atoms with Gasteiger partial charge in [-0.3, -0.25) is 0 Å². The molecule has 0 aliphatic carbocycles. The number of hydrogen-bond acceptors (Lipinski definition) is 1. The summed E-state index contributed by atoms with van der Waals surface area (Å²) in [6.45, 7) is 6.23. The summed E-state index contributed by atoms with van der Waals surface area (Å²) in [6.07, 6.45) is 0. The molecule has 3 rings (SSSR count). The normalized spacial score (nSPS) is 11.2. The van der Waals surface area contributed by atoms with Crippen molar-refractivity contribution in [1.29, 1.82) is 0 Å². The fourth-order valence-electron chi connectivity index (χ4n) is 2.26. The fraction of sp³-hybridized carbons (Fsp3) is 0.188. The number of benzene rings is 2. The molecule has 0 aliphatic heterocycles. The second-order valence-electron chi connectivity index (χ2n) is 4.95. The van der Waals surface area contributed by atoms with E-state index in [1.54, 1.807) is 0 Å². The Morgan fingerprint density at radius 1 is 1.05 bits per heavy atom. The van der Waals surface area contributed by atoms with E-state index in [1.165, 1.54) is 11.1 Å². The summed E-state index contributed by atoms with van der Waals surface area (Å²) >= 11 is 6.17. The topological polar surface area (TPSA) is 28.7 Å². The summed E-state index contributed by atoms with van der Waals surface area (Å²) in [5, 5.41) is 0.769. The summed E-state index contributed by atoms with van der Waals surface area (Å²) < 4.78 is 0. The van der Waals surface area contributed by atoms with E-state index < -0.39 is 0 Å². The minimum atomic E-state index is 0.769. The first-order valence-corrected chi connectivity index (χ1v) is 6.66. The smallest absolute Gasteiger partial charge is 0.138 e. The van der Waals surface area contributed by atoms with Crippen LogP contribution in [0, 0.1) is 20.8 Å². The van der Waals surface area contributed by atoms with Crippen molar-refractivity contribution < 1.29 is 0 Å². The van der Waals surface area contributed by atoms with Gasteiger partial charge >= 0.3 is 0 Å². The molecule has 96 valence electrons. The molecule has 0 unspecified atom stereocenters. The van der Waals surface area contributed by atoms with E-state index in [0.29, 0.717) is 0 Å². The maximum absolute atomic E-state index is 6.17. The van der Waals surface area contributed by atoms with Crippen molar-refractivity contribution in [2.24, 2.45) is 0 Å². The van der Waals surface area contributed by atoms with Gasteiger partial charge in [0.15, 0.2) is 0 Å². The lowest BCUT2D eigenvalue weighted by Gasteiger charge is -2.03. The summed E-state index contributed by atoms with van der Waals surface area (Å²) in [5.74, 6) is 0.875. The Morgan fingerprint density at radius 2 is 1.79 bits per heavy atom. The molecule has 0 spiro atoms. The summed E-state index contributed by atoms with van der Waals surface area (Å²) in [6, 6.07) is 10.1. The fourth-order valence-corrected chi connectivity index (χ4v) is 2.44. The Balaban J connectivity index is 2.23. The average Bonchev–Trinajstić information content (AvgIpc) is 2.76. The molecule has 0 radical (unpaired) electrons. The van der Waals surface area contributed by atoms with E-state index in [1.807, 2.05) is 25.1 Å². The molecule has 1 N–H and O–H groups in total. The van der Waals surface area contributed by atoms with Crippen molar-refractivity contribution in [2.75, 3.05) is 0 Å². The van der Waals surface area contributed by atoms with Crippen molar-refractivity contribution in [3.8, 4) is 11.4 Å². The van der Waals surface area contributed by atoms with Crippen LogP contribution in [0.3, 0.4) is 0 Å². The average molecular weight is 271 g/mol. The number of aromatic amines is 1. The third kappa shape index (κ3) is 2.02. The van der Waals surface area contributed by atoms with Gasteiger partial charge < -0.3 is 4.98 Å². The van der Waals surface area contributed by atoms with Crippen LogP contribution in [-0.4, -0.2) is 9.97 Å². The molecule has 0 fully saturated rings. The zero-order valence-corrected chi connectivity index (χ0v) is 12.0. The number of nitrogens with one attached hydrogen (secondary N) is 1. The van der Waals surface area contributed by atoms with Crippen LogP contribution in [0.4, 0.5) is 0 Å². The second kappa shape index (κ2) is 4.39. The second-order valence-corrected chi connectivity index (χ2v) is 5.36. The van der Waals surface area contributed by atoms with Gasteiger partial charge in [0.2, 0.25) is 0 Å². The molecule has 0 saturated carbocycles. The van der Waals surface area contributed by atoms with Gasteiger partial charge in [0.05, 0.1) is 11.0 Å². The van der Waals surface area contributed by atoms with Crippen LogP contribution in [0.15, 0.2) is 30.3 Å². The van der Waals surface area contributed by atoms with E-state index in [9.17, 15) is 0 Å². The number of aryl methyl sites for hydroxylation is 2. The van der Waals surface area contributed by atoms with Gasteiger partial charge in [0.1, 0.15) is 5.82 Å². The number of rotatable bonds is 1. The zero-order chi connectivity index (χ0) is 13.6. The minimum absolute atomic E-state index is 0.769. The summed E-state index contributed by atoms with van der Waals surface area (Å²) in [5.41, 5.74) is 6.70. The predicted octanol–water partition coefficient (Wildman–Crippen LogP) is 4.81. The Bertz CT molecular complexity index is 733. The van der Waals surface area contributed by atoms with Crippen molar-refractivity contribution >= 4 is 22.6 Å². The predicted molar refractivity (Wildman–Crippen MR) is 80.8 cm³/mol. The first kappa shape index (κ1) is 12.2. The van der Waals surface area contributed by atoms with E-state index in [0.717, 1.165) is 33.0 Å². The van der Waals surface area contributed by atoms with Crippen molar-refractivity contribution in [3.05, 3.63) is 52.0 Å². The lowest BCUT2D eigenvalue weighted by Crippen LogP contribution is -1.85. The van der Waals surface area contributed by atoms with Crippen LogP contribution in [0.5, 0.6) is 0 Å². The van der Waals surface area contributed by atoms with Gasteiger partial charge in [-0.15, -0.1) is 0 Å². The van der Waals surface area contributed by atoms with E-state index in [4.69, 9.17) is 11.6 Å². The van der Waals surface area contributed by atoms with Gasteiger partial charge in [-0.25, -0.2) is 4.98 Å². The first-order valence-electron chi connectivity index (χ1n) is 6.28. The molecule has 2 nitrogen and oxygen atoms in total. The van der Waals surface area contributed by atoms with Crippen LogP contribution in [-0.2, 0) is 0 Å². The van der Waals surface area contributed by atoms with E-state index >= 15 is 0 Å². The van der Waals surface area contributed by atoms with Crippen LogP contribution >= 0.6 is 11.6 Å². The van der Waals surface area contributed by atoms with Crippen molar-refractivity contribution in [1.82, 2.24) is 9.97 Å². The molecule has 1 aromatic heterocycles. The molecule has 3 heteroatoms. The maximum atomic E-state index is 6.17. The van der Waals surface area contributed by atoms with Crippen molar-refractivity contribution in [3.63, 3.8) is 0 Å². The van der Waals surface area contributed by atoms with Crippen LogP contribution in [0.1, 0.15) is 16.7 Å². The zero-order valence-electron chi connectivity index (χ0n) is 11.2. The van der Waals surface area contributed by atoms with Gasteiger partial charge in [0, 0.05) is 10.6 Å². The van der Waals surface area contributed by atoms with Crippen LogP contribution in [0.25, 0.3) is 22.4 Å². The lowest BCUT2D eigenvalue weighted by atomic mass is 10.1. The Labute approximate surface area is 117 Å². The molecule has 0 bridgehead atoms. The monoisotopic (exact) mass is 270 g/mol. The number of nitrogens with zero attached hydrogens (tertiary/aromatic N) is 1. The largest absolute Gasteiger partial charge is 0.338 e. The molecule has 0 atom stereocenters. The molecular formula is C16H15ClN2. The molecule has 19 heavy (non-hydrogen) atoms. The van der Waals surface area contributed by atoms with Crippen LogP contribution < -0.4 is 0 Å². The molecule has 0 aliphatic rings. The first-order chi connectivity index (χ1) is 9.06. The number of H-pyrrole nitrogens is 1. The third-order valence-corrected chi connectivity index (χ3v) is 4.03. The van der Waals surface area contributed by atoms with Crippen molar-refractivity contribution in [2.45, 2.75) is 20.8 Å². The molecule has 3 aromatic rings. The van der Waals surface area contributed by atoms with Gasteiger partial charge in [-0.1, -0.05) is 23.7 Å². The molecular weight excluding hydrogens is 256 g/mol. The minimum Gasteiger partial charge on any atom is -0.338 e. The quantitative estimate of drug-likeness (QED) is 0.675. The highest BCUT2D eigenvalue weighted by Crippen LogP contribution is 2.28. The standard InChI is InChI=1S/C16H15ClN2/c1-9-7-14-15(8-10(9)2)19-16(18-14)12-5-4-6-13(17)11(12)3/h4-8H,1-3H3,(H,18,19). The maximum Gasteiger partial charge on any atom is 0.138 e. The summed E-state index contributed by atoms with van der Waals surface area (Å²) in [4.78, 5) is 8.05. The Morgan fingerprint density at radius 3 is 2.58 bits per heavy atom. The van der Waals surface area contributed by atoms with Crippen LogP contribution in [0.2, 0.25) is 5.02 Å². The number of halogens is 1. The Hall–Kier alpha value is -1.80. The number of fused-ring (bicyclic) bond motifs is 1. The van der Waals surface area contributed by atoms with E-state index in [2.05, 4.69) is 35.9 Å². The highest BCUT2D eigenvalue weighted by molar-refractivity contribution is 6.31. The molecule has 0 saturated heterocycles. The van der Waals surface area contributed by atoms with Gasteiger partial charge in [0.25, 0.3) is 0 Å². The third-order valence-electron chi connectivity index (χ3n) is 3.62. The highest BCUT2D eigenvalue weighted by Gasteiger charge is 2.10. The number of hydrogen-bond donors (Lipinski definition) is 1. The lowest BCUT2D eigenvalue weighted by molar-refractivity contribution is 1.31. The molecule has 1 heterocycles. The molecule has 2 aromatic carbocycles. The summed E-state index contributed by atoms with van der Waals surface area (Å²) in [7, 11) is 0. The SMILES string of the molecule is Cc1cc2nc(-c3cccc(Cl)c3C)[nH]c2cc1C. The highest BCUT2D eigenvalue weighted by atomic mass is 35.5. The van der Waals surface area contributed by atoms with Gasteiger partial charge in [-0.05, 0) is 55.7 Å². The number of aromatic nitrogens is 2. The molecule has 0 amide bonds. The number of imidazole rings is 1. The van der Waals surface area contributed by atoms with Gasteiger partial charge in [-0.2, -0.15) is 0 Å². The van der Waals surface area contributed by atoms with E-state index in [-0.39, 0.29) is 0 Å².